The van der Waals surface area contributed by atoms with Crippen LogP contribution in [0.5, 0.6) is 0 Å². The Morgan fingerprint density at radius 2 is 2.05 bits per heavy atom. The number of ether oxygens (including phenoxy) is 1. The lowest BCUT2D eigenvalue weighted by Gasteiger charge is -2.26. The van der Waals surface area contributed by atoms with Crippen molar-refractivity contribution in [2.45, 2.75) is 45.9 Å². The van der Waals surface area contributed by atoms with Crippen molar-refractivity contribution in [2.75, 3.05) is 19.7 Å². The normalized spacial score (nSPS) is 13.8. The van der Waals surface area contributed by atoms with Gasteiger partial charge in [-0.1, -0.05) is 19.1 Å². The molecule has 1 atom stereocenters. The lowest BCUT2D eigenvalue weighted by atomic mass is 10.2. The molecule has 0 heterocycles. The first kappa shape index (κ1) is 17.1. The number of halogens is 1. The number of aliphatic hydroxyl groups excluding tert-OH is 1. The molecular formula is C16H26FNO2. The third-order valence-electron chi connectivity index (χ3n) is 2.92. The molecule has 0 spiro atoms. The van der Waals surface area contributed by atoms with E-state index in [1.165, 1.54) is 12.1 Å². The molecule has 0 fully saturated rings. The van der Waals surface area contributed by atoms with Crippen LogP contribution in [0, 0.1) is 5.82 Å². The van der Waals surface area contributed by atoms with Crippen LogP contribution in [0.3, 0.4) is 0 Å². The van der Waals surface area contributed by atoms with Gasteiger partial charge in [-0.05, 0) is 45.0 Å². The molecule has 0 aliphatic carbocycles. The Kier molecular flexibility index (Phi) is 6.59. The molecule has 0 saturated carbocycles. The Morgan fingerprint density at radius 1 is 1.35 bits per heavy atom. The minimum absolute atomic E-state index is 0.227. The van der Waals surface area contributed by atoms with E-state index in [4.69, 9.17) is 4.74 Å². The summed E-state index contributed by atoms with van der Waals surface area (Å²) in [5, 5.41) is 10.0. The van der Waals surface area contributed by atoms with Gasteiger partial charge >= 0.3 is 0 Å². The summed E-state index contributed by atoms with van der Waals surface area (Å²) in [4.78, 5) is 2.07. The van der Waals surface area contributed by atoms with Crippen molar-refractivity contribution in [3.8, 4) is 0 Å². The lowest BCUT2D eigenvalue weighted by Crippen LogP contribution is -2.36. The number of nitrogens with zero attached hydrogens (tertiary/aromatic N) is 1. The zero-order chi connectivity index (χ0) is 15.2. The standard InChI is InChI=1S/C16H26FNO2/c1-5-18(10-13-7-6-8-14(17)9-13)11-15(19)12-20-16(2,3)4/h6-9,15,19H,5,10-12H2,1-4H3. The van der Waals surface area contributed by atoms with Crippen LogP contribution < -0.4 is 0 Å². The van der Waals surface area contributed by atoms with Crippen molar-refractivity contribution in [1.29, 1.82) is 0 Å². The summed E-state index contributed by atoms with van der Waals surface area (Å²) in [6.07, 6.45) is -0.539. The van der Waals surface area contributed by atoms with Crippen molar-refractivity contribution in [1.82, 2.24) is 4.90 Å². The second kappa shape index (κ2) is 7.72. The highest BCUT2D eigenvalue weighted by Gasteiger charge is 2.16. The number of rotatable bonds is 7. The Bertz CT molecular complexity index is 404. The molecule has 0 saturated heterocycles. The fraction of sp³-hybridized carbons (Fsp3) is 0.625. The van der Waals surface area contributed by atoms with Gasteiger partial charge in [0.05, 0.1) is 18.3 Å². The van der Waals surface area contributed by atoms with Crippen molar-refractivity contribution >= 4 is 0 Å². The smallest absolute Gasteiger partial charge is 0.123 e. The molecule has 0 bridgehead atoms. The average molecular weight is 283 g/mol. The minimum atomic E-state index is -0.539. The molecule has 3 nitrogen and oxygen atoms in total. The molecule has 1 rings (SSSR count). The molecule has 1 aromatic rings. The fourth-order valence-electron chi connectivity index (χ4n) is 1.90. The van der Waals surface area contributed by atoms with E-state index < -0.39 is 6.10 Å². The SMILES string of the molecule is CCN(Cc1cccc(F)c1)CC(O)COC(C)(C)C. The summed E-state index contributed by atoms with van der Waals surface area (Å²) in [7, 11) is 0. The van der Waals surface area contributed by atoms with Crippen LogP contribution in [0.2, 0.25) is 0 Å². The molecular weight excluding hydrogens is 257 g/mol. The van der Waals surface area contributed by atoms with Gasteiger partial charge in [0.15, 0.2) is 0 Å². The highest BCUT2D eigenvalue weighted by Crippen LogP contribution is 2.10. The van der Waals surface area contributed by atoms with Crippen molar-refractivity contribution in [2.24, 2.45) is 0 Å². The Morgan fingerprint density at radius 3 is 2.60 bits per heavy atom. The van der Waals surface area contributed by atoms with Gasteiger partial charge in [0.2, 0.25) is 0 Å². The Balaban J connectivity index is 2.46. The van der Waals surface area contributed by atoms with E-state index in [1.807, 2.05) is 33.8 Å². The van der Waals surface area contributed by atoms with Crippen LogP contribution in [0.1, 0.15) is 33.3 Å². The van der Waals surface area contributed by atoms with Gasteiger partial charge in [-0.15, -0.1) is 0 Å². The van der Waals surface area contributed by atoms with Gasteiger partial charge in [0.1, 0.15) is 5.82 Å². The highest BCUT2D eigenvalue weighted by molar-refractivity contribution is 5.16. The topological polar surface area (TPSA) is 32.7 Å². The van der Waals surface area contributed by atoms with E-state index in [1.54, 1.807) is 6.07 Å². The van der Waals surface area contributed by atoms with E-state index in [0.717, 1.165) is 12.1 Å². The van der Waals surface area contributed by atoms with Gasteiger partial charge < -0.3 is 9.84 Å². The maximum atomic E-state index is 13.1. The largest absolute Gasteiger partial charge is 0.389 e. The fourth-order valence-corrected chi connectivity index (χ4v) is 1.90. The first-order chi connectivity index (χ1) is 9.30. The van der Waals surface area contributed by atoms with Gasteiger partial charge in [0, 0.05) is 13.1 Å². The predicted molar refractivity (Wildman–Crippen MR) is 79.1 cm³/mol. The molecule has 1 unspecified atom stereocenters. The van der Waals surface area contributed by atoms with Crippen LogP contribution in [0.4, 0.5) is 4.39 Å². The summed E-state index contributed by atoms with van der Waals surface area (Å²) in [5.41, 5.74) is 0.663. The zero-order valence-electron chi connectivity index (χ0n) is 12.9. The van der Waals surface area contributed by atoms with E-state index in [2.05, 4.69) is 4.90 Å². The molecule has 114 valence electrons. The summed E-state index contributed by atoms with van der Waals surface area (Å²) < 4.78 is 18.7. The lowest BCUT2D eigenvalue weighted by molar-refractivity contribution is -0.0563. The molecule has 0 aromatic heterocycles. The monoisotopic (exact) mass is 283 g/mol. The molecule has 0 aliphatic rings. The maximum absolute atomic E-state index is 13.1. The first-order valence-electron chi connectivity index (χ1n) is 7.09. The summed E-state index contributed by atoms with van der Waals surface area (Å²) in [6, 6.07) is 6.56. The number of hydrogen-bond acceptors (Lipinski definition) is 3. The van der Waals surface area contributed by atoms with Crippen LogP contribution in [-0.2, 0) is 11.3 Å². The zero-order valence-corrected chi connectivity index (χ0v) is 12.9. The van der Waals surface area contributed by atoms with Gasteiger partial charge in [-0.3, -0.25) is 4.90 Å². The molecule has 0 amide bonds. The first-order valence-corrected chi connectivity index (χ1v) is 7.09. The van der Waals surface area contributed by atoms with Crippen molar-refractivity contribution in [3.63, 3.8) is 0 Å². The average Bonchev–Trinajstić information content (AvgIpc) is 2.35. The van der Waals surface area contributed by atoms with Gasteiger partial charge in [0.25, 0.3) is 0 Å². The van der Waals surface area contributed by atoms with E-state index in [0.29, 0.717) is 19.7 Å². The molecule has 0 radical (unpaired) electrons. The highest BCUT2D eigenvalue weighted by atomic mass is 19.1. The molecule has 1 N–H and O–H groups in total. The van der Waals surface area contributed by atoms with Crippen LogP contribution in [-0.4, -0.2) is 41.4 Å². The van der Waals surface area contributed by atoms with E-state index in [9.17, 15) is 9.50 Å². The van der Waals surface area contributed by atoms with E-state index in [-0.39, 0.29) is 11.4 Å². The van der Waals surface area contributed by atoms with Crippen LogP contribution in [0.15, 0.2) is 24.3 Å². The number of likely N-dealkylation sites (N-methyl/N-ethyl adjacent to an activating group) is 1. The third kappa shape index (κ3) is 6.98. The molecule has 0 aliphatic heterocycles. The summed E-state index contributed by atoms with van der Waals surface area (Å²) in [5.74, 6) is -0.227. The van der Waals surface area contributed by atoms with E-state index >= 15 is 0 Å². The maximum Gasteiger partial charge on any atom is 0.123 e. The minimum Gasteiger partial charge on any atom is -0.389 e. The number of hydrogen-bond donors (Lipinski definition) is 1. The molecule has 4 heteroatoms. The summed E-state index contributed by atoms with van der Waals surface area (Å²) >= 11 is 0. The van der Waals surface area contributed by atoms with Crippen molar-refractivity contribution in [3.05, 3.63) is 35.6 Å². The number of aliphatic hydroxyl groups is 1. The molecule has 20 heavy (non-hydrogen) atoms. The van der Waals surface area contributed by atoms with Crippen LogP contribution in [0.25, 0.3) is 0 Å². The Hall–Kier alpha value is -0.970. The molecule has 1 aromatic carbocycles. The third-order valence-corrected chi connectivity index (χ3v) is 2.92. The second-order valence-corrected chi connectivity index (χ2v) is 6.03. The van der Waals surface area contributed by atoms with Crippen LogP contribution >= 0.6 is 0 Å². The predicted octanol–water partition coefficient (Wildman–Crippen LogP) is 2.82. The second-order valence-electron chi connectivity index (χ2n) is 6.03. The summed E-state index contributed by atoms with van der Waals surface area (Å²) in [6.45, 7) is 10.2. The Labute approximate surface area is 121 Å². The van der Waals surface area contributed by atoms with Gasteiger partial charge in [-0.25, -0.2) is 4.39 Å². The van der Waals surface area contributed by atoms with Crippen molar-refractivity contribution < 1.29 is 14.2 Å². The van der Waals surface area contributed by atoms with Gasteiger partial charge in [-0.2, -0.15) is 0 Å². The quantitative estimate of drug-likeness (QED) is 0.835. The number of benzene rings is 1.